The first-order valence-electron chi connectivity index (χ1n) is 5.80. The van der Waals surface area contributed by atoms with E-state index in [-0.39, 0.29) is 0 Å². The highest BCUT2D eigenvalue weighted by Crippen LogP contribution is 2.08. The zero-order valence-electron chi connectivity index (χ0n) is 10.0. The maximum absolute atomic E-state index is 10.7. The first-order valence-corrected chi connectivity index (χ1v) is 5.80. The molecule has 0 spiro atoms. The van der Waals surface area contributed by atoms with Crippen LogP contribution in [0.4, 0.5) is 0 Å². The molecule has 0 aliphatic heterocycles. The largest absolute Gasteiger partial charge is 0.394 e. The molecule has 4 N–H and O–H groups in total. The predicted molar refractivity (Wildman–Crippen MR) is 60.4 cm³/mol. The van der Waals surface area contributed by atoms with Gasteiger partial charge in [-0.05, 0) is 6.42 Å². The monoisotopic (exact) mass is 250 g/mol. The molecule has 4 atom stereocenters. The Labute approximate surface area is 101 Å². The van der Waals surface area contributed by atoms with Gasteiger partial charge in [0, 0.05) is 6.61 Å². The summed E-state index contributed by atoms with van der Waals surface area (Å²) >= 11 is 0. The summed E-state index contributed by atoms with van der Waals surface area (Å²) in [6, 6.07) is 0. The van der Waals surface area contributed by atoms with Gasteiger partial charge < -0.3 is 30.0 Å². The van der Waals surface area contributed by atoms with Crippen LogP contribution in [0.15, 0.2) is 0 Å². The molecule has 0 aliphatic carbocycles. The second kappa shape index (κ2) is 9.49. The molecule has 0 aromatic carbocycles. The van der Waals surface area contributed by atoms with Gasteiger partial charge in [0.15, 0.2) is 6.29 Å². The van der Waals surface area contributed by atoms with E-state index in [1.807, 2.05) is 6.92 Å². The minimum Gasteiger partial charge on any atom is -0.394 e. The molecule has 0 amide bonds. The first-order chi connectivity index (χ1) is 8.08. The average Bonchev–Trinajstić information content (AvgIpc) is 2.36. The lowest BCUT2D eigenvalue weighted by molar-refractivity contribution is -0.146. The Bertz CT molecular complexity index is 198. The number of hydrogen-bond donors (Lipinski definition) is 4. The third-order valence-corrected chi connectivity index (χ3v) is 2.46. The summed E-state index contributed by atoms with van der Waals surface area (Å²) in [6.07, 6.45) is -2.75. The lowest BCUT2D eigenvalue weighted by atomic mass is 10.0. The molecule has 0 aromatic heterocycles. The van der Waals surface area contributed by atoms with Gasteiger partial charge in [0.2, 0.25) is 0 Å². The number of aldehydes is 1. The Kier molecular flexibility index (Phi) is 9.20. The van der Waals surface area contributed by atoms with E-state index in [9.17, 15) is 15.0 Å². The molecule has 0 radical (unpaired) electrons. The van der Waals surface area contributed by atoms with Gasteiger partial charge in [-0.15, -0.1) is 0 Å². The lowest BCUT2D eigenvalue weighted by Gasteiger charge is -2.25. The average molecular weight is 250 g/mol. The fourth-order valence-corrected chi connectivity index (χ4v) is 1.32. The van der Waals surface area contributed by atoms with Crippen molar-refractivity contribution in [1.82, 2.24) is 0 Å². The Morgan fingerprint density at radius 3 is 2.29 bits per heavy atom. The van der Waals surface area contributed by atoms with Crippen LogP contribution in [0.2, 0.25) is 0 Å². The first kappa shape index (κ1) is 16.5. The summed E-state index contributed by atoms with van der Waals surface area (Å²) in [5.74, 6) is 0. The molecule has 0 bridgehead atoms. The number of aliphatic hydroxyl groups excluding tert-OH is 4. The van der Waals surface area contributed by atoms with E-state index in [2.05, 4.69) is 0 Å². The highest BCUT2D eigenvalue weighted by Gasteiger charge is 2.31. The number of rotatable bonds is 10. The molecule has 0 saturated carbocycles. The van der Waals surface area contributed by atoms with E-state index in [1.54, 1.807) is 0 Å². The molecule has 6 heteroatoms. The Hall–Kier alpha value is -0.530. The minimum atomic E-state index is -1.61. The van der Waals surface area contributed by atoms with Crippen molar-refractivity contribution in [3.8, 4) is 0 Å². The van der Waals surface area contributed by atoms with Gasteiger partial charge in [-0.3, -0.25) is 0 Å². The fraction of sp³-hybridized carbons (Fsp3) is 0.909. The van der Waals surface area contributed by atoms with Crippen LogP contribution in [0.25, 0.3) is 0 Å². The van der Waals surface area contributed by atoms with Crippen LogP contribution in [-0.2, 0) is 9.53 Å². The predicted octanol–water partition coefficient (Wildman–Crippen LogP) is -1.16. The molecule has 0 heterocycles. The minimum absolute atomic E-state index is 0.302. The van der Waals surface area contributed by atoms with Gasteiger partial charge in [0.25, 0.3) is 0 Å². The van der Waals surface area contributed by atoms with Crippen molar-refractivity contribution in [3.05, 3.63) is 0 Å². The van der Waals surface area contributed by atoms with Crippen LogP contribution in [-0.4, -0.2) is 64.3 Å². The van der Waals surface area contributed by atoms with Crippen molar-refractivity contribution < 1.29 is 30.0 Å². The van der Waals surface area contributed by atoms with Crippen LogP contribution in [0, 0.1) is 0 Å². The quantitative estimate of drug-likeness (QED) is 0.288. The fourth-order valence-electron chi connectivity index (χ4n) is 1.32. The summed E-state index contributed by atoms with van der Waals surface area (Å²) in [6.45, 7) is 1.63. The van der Waals surface area contributed by atoms with Gasteiger partial charge >= 0.3 is 0 Å². The van der Waals surface area contributed by atoms with E-state index >= 15 is 0 Å². The summed E-state index contributed by atoms with van der Waals surface area (Å²) in [7, 11) is 0. The van der Waals surface area contributed by atoms with Gasteiger partial charge in [-0.2, -0.15) is 0 Å². The Balaban J connectivity index is 4.10. The smallest absolute Gasteiger partial charge is 0.151 e. The zero-order valence-corrected chi connectivity index (χ0v) is 10.0. The summed E-state index contributed by atoms with van der Waals surface area (Å²) in [5, 5.41) is 36.7. The molecule has 102 valence electrons. The molecule has 17 heavy (non-hydrogen) atoms. The summed E-state index contributed by atoms with van der Waals surface area (Å²) in [5.41, 5.74) is 0. The van der Waals surface area contributed by atoms with Crippen molar-refractivity contribution in [3.63, 3.8) is 0 Å². The normalized spacial score (nSPS) is 18.4. The number of unbranched alkanes of at least 4 members (excludes halogenated alkanes) is 2. The highest BCUT2D eigenvalue weighted by atomic mass is 16.5. The van der Waals surface area contributed by atoms with Crippen molar-refractivity contribution >= 4 is 6.29 Å². The molecule has 0 rings (SSSR count). The number of hydrogen-bond acceptors (Lipinski definition) is 6. The van der Waals surface area contributed by atoms with Crippen LogP contribution in [0.3, 0.4) is 0 Å². The van der Waals surface area contributed by atoms with Crippen LogP contribution in [0.5, 0.6) is 0 Å². The molecular formula is C11H22O6. The van der Waals surface area contributed by atoms with E-state index in [0.717, 1.165) is 19.3 Å². The molecular weight excluding hydrogens is 228 g/mol. The van der Waals surface area contributed by atoms with Crippen molar-refractivity contribution in [2.75, 3.05) is 13.2 Å². The molecule has 0 aromatic rings. The van der Waals surface area contributed by atoms with E-state index in [4.69, 9.17) is 14.9 Å². The topological polar surface area (TPSA) is 107 Å². The van der Waals surface area contributed by atoms with Crippen LogP contribution in [0.1, 0.15) is 26.2 Å². The van der Waals surface area contributed by atoms with Crippen LogP contribution >= 0.6 is 0 Å². The molecule has 6 nitrogen and oxygen atoms in total. The summed E-state index contributed by atoms with van der Waals surface area (Å²) < 4.78 is 5.10. The molecule has 0 aliphatic rings. The van der Waals surface area contributed by atoms with Crippen molar-refractivity contribution in [1.29, 1.82) is 0 Å². The highest BCUT2D eigenvalue weighted by molar-refractivity contribution is 5.57. The molecule has 0 saturated heterocycles. The molecule has 0 fully saturated rings. The third-order valence-electron chi connectivity index (χ3n) is 2.46. The lowest BCUT2D eigenvalue weighted by Crippen LogP contribution is -2.47. The number of carbonyl (C=O) groups excluding carboxylic acids is 1. The number of ether oxygens (including phenoxy) is 1. The second-order valence-corrected chi connectivity index (χ2v) is 3.91. The van der Waals surface area contributed by atoms with Crippen molar-refractivity contribution in [2.45, 2.75) is 50.6 Å². The summed E-state index contributed by atoms with van der Waals surface area (Å²) in [4.78, 5) is 10.7. The van der Waals surface area contributed by atoms with Gasteiger partial charge in [-0.25, -0.2) is 0 Å². The molecule has 4 unspecified atom stereocenters. The second-order valence-electron chi connectivity index (χ2n) is 3.91. The van der Waals surface area contributed by atoms with Gasteiger partial charge in [-0.1, -0.05) is 19.8 Å². The number of aliphatic hydroxyl groups is 4. The zero-order chi connectivity index (χ0) is 13.3. The van der Waals surface area contributed by atoms with E-state index in [0.29, 0.717) is 12.9 Å². The standard InChI is InChI=1S/C11H22O6/c1-2-3-4-5-17-9(7-13)11(16)10(15)8(14)6-12/h7-12,14-16H,2-6H2,1H3. The Morgan fingerprint density at radius 2 is 1.82 bits per heavy atom. The van der Waals surface area contributed by atoms with Gasteiger partial charge in [0.05, 0.1) is 6.61 Å². The SMILES string of the molecule is CCCCCOC(C=O)C(O)C(O)C(O)CO. The number of carbonyl (C=O) groups is 1. The maximum Gasteiger partial charge on any atom is 0.151 e. The Morgan fingerprint density at radius 1 is 1.18 bits per heavy atom. The van der Waals surface area contributed by atoms with E-state index in [1.165, 1.54) is 0 Å². The third kappa shape index (κ3) is 6.09. The van der Waals surface area contributed by atoms with E-state index < -0.39 is 31.0 Å². The van der Waals surface area contributed by atoms with Crippen LogP contribution < -0.4 is 0 Å². The van der Waals surface area contributed by atoms with Gasteiger partial charge in [0.1, 0.15) is 24.4 Å². The maximum atomic E-state index is 10.7. The van der Waals surface area contributed by atoms with Crippen molar-refractivity contribution in [2.24, 2.45) is 0 Å².